The summed E-state index contributed by atoms with van der Waals surface area (Å²) in [5.74, 6) is 3.08. The third kappa shape index (κ3) is 7.09. The molecule has 0 bridgehead atoms. The summed E-state index contributed by atoms with van der Waals surface area (Å²) in [7, 11) is 0. The van der Waals surface area contributed by atoms with E-state index in [9.17, 15) is 20.4 Å². The van der Waals surface area contributed by atoms with Crippen molar-refractivity contribution in [2.45, 2.75) is 129 Å². The van der Waals surface area contributed by atoms with Crippen LogP contribution in [-0.4, -0.2) is 20.4 Å². The van der Waals surface area contributed by atoms with Crippen LogP contribution in [0.3, 0.4) is 0 Å². The Kier molecular flexibility index (Phi) is 10.8. The van der Waals surface area contributed by atoms with Crippen LogP contribution in [-0.2, 0) is 21.7 Å². The first kappa shape index (κ1) is 41.5. The molecule has 0 spiro atoms. The second-order valence-electron chi connectivity index (χ2n) is 19.8. The maximum Gasteiger partial charge on any atom is 0.118 e. The molecule has 2 aliphatic rings. The molecular weight excluding hydrogens is 713 g/mol. The van der Waals surface area contributed by atoms with Crippen molar-refractivity contribution in [2.75, 3.05) is 0 Å². The summed E-state index contributed by atoms with van der Waals surface area (Å²) in [5, 5.41) is 41.9. The van der Waals surface area contributed by atoms with Gasteiger partial charge in [0.05, 0.1) is 0 Å². The van der Waals surface area contributed by atoms with Crippen LogP contribution < -0.4 is 0 Å². The molecule has 4 heteroatoms. The zero-order chi connectivity index (χ0) is 41.9. The molecule has 5 aromatic carbocycles. The van der Waals surface area contributed by atoms with Crippen LogP contribution in [0.25, 0.3) is 0 Å². The molecule has 0 aromatic heterocycles. The van der Waals surface area contributed by atoms with Crippen LogP contribution in [0.5, 0.6) is 23.0 Å². The number of phenolic OH excluding ortho intramolecular Hbond substituents is 4. The third-order valence-corrected chi connectivity index (χ3v) is 15.7. The molecule has 2 fully saturated rings. The Labute approximate surface area is 348 Å². The van der Waals surface area contributed by atoms with E-state index in [0.717, 1.165) is 60.8 Å². The monoisotopic (exact) mass is 778 g/mol. The molecule has 4 nitrogen and oxygen atoms in total. The fourth-order valence-electron chi connectivity index (χ4n) is 12.0. The standard InChI is InChI=1S/C54H66O4/c1-33-26-41(14-18-47(33)55)53(42-15-19-48(56)34(2)27-42)24-22-45(37(5)31-53)51(7,8)39-12-11-13-40(30-39)52(9,10)46-23-25-54(32-38(46)6,43-16-20-49(57)35(3)28-43)44-17-21-50(58)36(4)29-44/h11-21,26-30,37-38,45-46,55-58H,22-25,31-32H2,1-10H3. The van der Waals surface area contributed by atoms with Crippen molar-refractivity contribution >= 4 is 0 Å². The van der Waals surface area contributed by atoms with Crippen LogP contribution in [0.2, 0.25) is 0 Å². The molecule has 4 unspecified atom stereocenters. The highest BCUT2D eigenvalue weighted by atomic mass is 16.3. The van der Waals surface area contributed by atoms with E-state index in [1.807, 2.05) is 52.0 Å². The number of hydrogen-bond donors (Lipinski definition) is 4. The van der Waals surface area contributed by atoms with Crippen molar-refractivity contribution in [2.24, 2.45) is 23.7 Å². The van der Waals surface area contributed by atoms with Crippen molar-refractivity contribution in [3.63, 3.8) is 0 Å². The number of phenols is 4. The summed E-state index contributed by atoms with van der Waals surface area (Å²) in [4.78, 5) is 0. The SMILES string of the molecule is Cc1cc(C2(c3ccc(O)c(C)c3)CCC(C(C)(C)c3cccc(C(C)(C)C4CCC(c5ccc(O)c(C)c5)(c5ccc(O)c(C)c5)CC4C)c3)C(C)C2)ccc1O. The van der Waals surface area contributed by atoms with Crippen LogP contribution in [0.15, 0.2) is 97.1 Å². The molecule has 5 aromatic rings. The molecule has 306 valence electrons. The number of benzene rings is 5. The van der Waals surface area contributed by atoms with E-state index in [2.05, 4.69) is 114 Å². The van der Waals surface area contributed by atoms with Gasteiger partial charge >= 0.3 is 0 Å². The number of hydrogen-bond acceptors (Lipinski definition) is 4. The Balaban J connectivity index is 1.17. The van der Waals surface area contributed by atoms with Gasteiger partial charge in [-0.05, 0) is 181 Å². The topological polar surface area (TPSA) is 80.9 Å². The maximum atomic E-state index is 10.5. The lowest BCUT2D eigenvalue weighted by atomic mass is 9.53. The molecule has 0 radical (unpaired) electrons. The minimum Gasteiger partial charge on any atom is -0.508 e. The van der Waals surface area contributed by atoms with Gasteiger partial charge < -0.3 is 20.4 Å². The van der Waals surface area contributed by atoms with E-state index in [-0.39, 0.29) is 21.7 Å². The Bertz CT molecular complexity index is 2050. The molecule has 0 heterocycles. The molecule has 4 N–H and O–H groups in total. The molecule has 0 amide bonds. The van der Waals surface area contributed by atoms with E-state index in [0.29, 0.717) is 46.7 Å². The van der Waals surface area contributed by atoms with Gasteiger partial charge in [0.25, 0.3) is 0 Å². The highest BCUT2D eigenvalue weighted by Crippen LogP contribution is 2.57. The van der Waals surface area contributed by atoms with Crippen molar-refractivity contribution in [1.82, 2.24) is 0 Å². The fraction of sp³-hybridized carbons (Fsp3) is 0.444. The molecule has 0 aliphatic heterocycles. The Morgan fingerprint density at radius 1 is 0.448 bits per heavy atom. The summed E-state index contributed by atoms with van der Waals surface area (Å²) < 4.78 is 0. The van der Waals surface area contributed by atoms with Crippen LogP contribution in [0, 0.1) is 51.4 Å². The smallest absolute Gasteiger partial charge is 0.118 e. The summed E-state index contributed by atoms with van der Waals surface area (Å²) in [6, 6.07) is 34.1. The summed E-state index contributed by atoms with van der Waals surface area (Å²) in [6.07, 6.45) is 6.10. The van der Waals surface area contributed by atoms with Gasteiger partial charge in [-0.15, -0.1) is 0 Å². The van der Waals surface area contributed by atoms with E-state index in [1.54, 1.807) is 0 Å². The van der Waals surface area contributed by atoms with E-state index in [1.165, 1.54) is 33.4 Å². The van der Waals surface area contributed by atoms with E-state index < -0.39 is 0 Å². The number of rotatable bonds is 8. The summed E-state index contributed by atoms with van der Waals surface area (Å²) in [6.45, 7) is 22.7. The van der Waals surface area contributed by atoms with Crippen LogP contribution >= 0.6 is 0 Å². The second kappa shape index (κ2) is 15.2. The minimum atomic E-state index is -0.212. The third-order valence-electron chi connectivity index (χ3n) is 15.7. The average molecular weight is 779 g/mol. The Morgan fingerprint density at radius 3 is 1.00 bits per heavy atom. The van der Waals surface area contributed by atoms with Gasteiger partial charge in [0.15, 0.2) is 0 Å². The quantitative estimate of drug-likeness (QED) is 0.126. The highest BCUT2D eigenvalue weighted by molar-refractivity contribution is 5.50. The molecule has 0 saturated heterocycles. The van der Waals surface area contributed by atoms with Gasteiger partial charge in [-0.25, -0.2) is 0 Å². The maximum absolute atomic E-state index is 10.5. The van der Waals surface area contributed by atoms with Crippen molar-refractivity contribution < 1.29 is 20.4 Å². The van der Waals surface area contributed by atoms with Crippen molar-refractivity contribution in [3.05, 3.63) is 153 Å². The van der Waals surface area contributed by atoms with E-state index >= 15 is 0 Å². The van der Waals surface area contributed by atoms with Crippen molar-refractivity contribution in [1.29, 1.82) is 0 Å². The van der Waals surface area contributed by atoms with Crippen LogP contribution in [0.4, 0.5) is 0 Å². The lowest BCUT2D eigenvalue weighted by Crippen LogP contribution is -2.44. The Morgan fingerprint density at radius 2 is 0.741 bits per heavy atom. The lowest BCUT2D eigenvalue weighted by molar-refractivity contribution is 0.118. The first-order valence-corrected chi connectivity index (χ1v) is 21.6. The second-order valence-corrected chi connectivity index (χ2v) is 19.8. The number of aromatic hydroxyl groups is 4. The van der Waals surface area contributed by atoms with Crippen LogP contribution in [0.1, 0.15) is 136 Å². The summed E-state index contributed by atoms with van der Waals surface area (Å²) >= 11 is 0. The molecule has 7 rings (SSSR count). The summed E-state index contributed by atoms with van der Waals surface area (Å²) in [5.41, 5.74) is 10.8. The lowest BCUT2D eigenvalue weighted by Gasteiger charge is -2.51. The largest absolute Gasteiger partial charge is 0.508 e. The van der Waals surface area contributed by atoms with Gasteiger partial charge in [0.1, 0.15) is 23.0 Å². The molecule has 4 atom stereocenters. The zero-order valence-corrected chi connectivity index (χ0v) is 36.6. The van der Waals surface area contributed by atoms with Gasteiger partial charge in [-0.2, -0.15) is 0 Å². The molecular formula is C54H66O4. The average Bonchev–Trinajstić information content (AvgIpc) is 3.18. The predicted octanol–water partition coefficient (Wildman–Crippen LogP) is 13.1. The number of aryl methyl sites for hydroxylation is 4. The molecule has 2 saturated carbocycles. The Hall–Kier alpha value is -4.70. The van der Waals surface area contributed by atoms with Crippen molar-refractivity contribution in [3.8, 4) is 23.0 Å². The van der Waals surface area contributed by atoms with Gasteiger partial charge in [-0.3, -0.25) is 0 Å². The molecule has 2 aliphatic carbocycles. The predicted molar refractivity (Wildman–Crippen MR) is 238 cm³/mol. The highest BCUT2D eigenvalue weighted by Gasteiger charge is 2.49. The normalized spacial score (nSPS) is 22.1. The molecule has 58 heavy (non-hydrogen) atoms. The van der Waals surface area contributed by atoms with E-state index in [4.69, 9.17) is 0 Å². The minimum absolute atomic E-state index is 0.0613. The van der Waals surface area contributed by atoms with Gasteiger partial charge in [0, 0.05) is 10.8 Å². The first-order valence-electron chi connectivity index (χ1n) is 21.6. The van der Waals surface area contributed by atoms with Gasteiger partial charge in [-0.1, -0.05) is 114 Å². The zero-order valence-electron chi connectivity index (χ0n) is 36.6. The fourth-order valence-corrected chi connectivity index (χ4v) is 12.0. The van der Waals surface area contributed by atoms with Gasteiger partial charge in [0.2, 0.25) is 0 Å². The first-order chi connectivity index (χ1) is 27.3.